The summed E-state index contributed by atoms with van der Waals surface area (Å²) in [6, 6.07) is 14.9. The Morgan fingerprint density at radius 3 is 1.15 bits per heavy atom. The molecular formula is C28H42O3Si2. The Bertz CT molecular complexity index is 868. The number of benzene rings is 2. The minimum Gasteiger partial charge on any atom is -0.507 e. The molecule has 0 bridgehead atoms. The lowest BCUT2D eigenvalue weighted by Crippen LogP contribution is -2.56. The first-order valence-corrected chi connectivity index (χ1v) is 16.4. The number of aromatic hydroxyl groups is 2. The first-order valence-electron chi connectivity index (χ1n) is 12.1. The van der Waals surface area contributed by atoms with Gasteiger partial charge >= 0.3 is 0 Å². The van der Waals surface area contributed by atoms with Crippen LogP contribution in [0, 0.1) is 0 Å². The van der Waals surface area contributed by atoms with Gasteiger partial charge in [-0.1, -0.05) is 115 Å². The second-order valence-corrected chi connectivity index (χ2v) is 19.7. The standard InChI is InChI=1S/C28H42O3Si2/c1-21(2)32(22(3)4,19-17-25-13-9-11-15-27(25)29)31-33(23(5)6,24(7)8)20-18-26-14-10-12-16-28(26)30/h9-24,29-30H,1-8H3/b19-17+,20-18+. The number of hydrogen-bond donors (Lipinski definition) is 2. The number of hydrogen-bond acceptors (Lipinski definition) is 3. The highest BCUT2D eigenvalue weighted by molar-refractivity contribution is 6.94. The van der Waals surface area contributed by atoms with Crippen molar-refractivity contribution in [1.29, 1.82) is 0 Å². The number of phenolic OH excluding ortho intramolecular Hbond substituents is 2. The zero-order valence-corrected chi connectivity index (χ0v) is 23.5. The highest BCUT2D eigenvalue weighted by atomic mass is 28.4. The Balaban J connectivity index is 2.62. The van der Waals surface area contributed by atoms with E-state index >= 15 is 0 Å². The zero-order chi connectivity index (χ0) is 24.8. The van der Waals surface area contributed by atoms with Crippen LogP contribution in [0.15, 0.2) is 59.9 Å². The first kappa shape index (κ1) is 27.2. The Hall–Kier alpha value is -2.09. The summed E-state index contributed by atoms with van der Waals surface area (Å²) in [6.07, 6.45) is 4.13. The Morgan fingerprint density at radius 1 is 0.576 bits per heavy atom. The van der Waals surface area contributed by atoms with Crippen LogP contribution in [0.1, 0.15) is 66.5 Å². The van der Waals surface area contributed by atoms with E-state index in [-0.39, 0.29) is 0 Å². The van der Waals surface area contributed by atoms with E-state index in [2.05, 4.69) is 78.9 Å². The van der Waals surface area contributed by atoms with Crippen LogP contribution in [0.3, 0.4) is 0 Å². The molecule has 0 aliphatic rings. The lowest BCUT2D eigenvalue weighted by Gasteiger charge is -2.47. The third kappa shape index (κ3) is 6.08. The second-order valence-electron chi connectivity index (χ2n) is 10.2. The highest BCUT2D eigenvalue weighted by Gasteiger charge is 2.50. The van der Waals surface area contributed by atoms with Crippen molar-refractivity contribution in [3.8, 4) is 11.5 Å². The van der Waals surface area contributed by atoms with Crippen LogP contribution in [-0.2, 0) is 4.12 Å². The van der Waals surface area contributed by atoms with Crippen molar-refractivity contribution >= 4 is 28.8 Å². The molecule has 5 heteroatoms. The van der Waals surface area contributed by atoms with Crippen molar-refractivity contribution in [1.82, 2.24) is 0 Å². The predicted molar refractivity (Wildman–Crippen MR) is 147 cm³/mol. The van der Waals surface area contributed by atoms with E-state index in [9.17, 15) is 10.2 Å². The molecule has 3 nitrogen and oxygen atoms in total. The Kier molecular flexibility index (Phi) is 9.35. The van der Waals surface area contributed by atoms with E-state index < -0.39 is 16.6 Å². The van der Waals surface area contributed by atoms with Crippen LogP contribution >= 0.6 is 0 Å². The third-order valence-corrected chi connectivity index (χ3v) is 18.3. The molecule has 0 aliphatic carbocycles. The number of phenols is 2. The van der Waals surface area contributed by atoms with E-state index in [4.69, 9.17) is 4.12 Å². The topological polar surface area (TPSA) is 49.7 Å². The van der Waals surface area contributed by atoms with Crippen molar-refractivity contribution in [3.63, 3.8) is 0 Å². The number of para-hydroxylation sites is 2. The average molecular weight is 483 g/mol. The molecule has 0 saturated carbocycles. The van der Waals surface area contributed by atoms with Gasteiger partial charge in [0.25, 0.3) is 0 Å². The van der Waals surface area contributed by atoms with E-state index in [0.717, 1.165) is 11.1 Å². The Labute approximate surface area is 203 Å². The molecule has 0 aliphatic heterocycles. The molecule has 0 spiro atoms. The molecule has 0 aromatic heterocycles. The average Bonchev–Trinajstić information content (AvgIpc) is 2.74. The van der Waals surface area contributed by atoms with Gasteiger partial charge in [-0.3, -0.25) is 0 Å². The lowest BCUT2D eigenvalue weighted by molar-refractivity contribution is 0.473. The molecule has 0 fully saturated rings. The van der Waals surface area contributed by atoms with E-state index in [1.54, 1.807) is 12.1 Å². The first-order chi connectivity index (χ1) is 15.5. The van der Waals surface area contributed by atoms with Crippen LogP contribution in [-0.4, -0.2) is 26.8 Å². The van der Waals surface area contributed by atoms with E-state index in [1.807, 2.05) is 36.4 Å². The molecule has 0 amide bonds. The zero-order valence-electron chi connectivity index (χ0n) is 21.5. The summed E-state index contributed by atoms with van der Waals surface area (Å²) in [5, 5.41) is 20.7. The fourth-order valence-electron chi connectivity index (χ4n) is 4.65. The molecule has 0 saturated heterocycles. The Morgan fingerprint density at radius 2 is 0.879 bits per heavy atom. The van der Waals surface area contributed by atoms with Gasteiger partial charge in [0.15, 0.2) is 0 Å². The highest BCUT2D eigenvalue weighted by Crippen LogP contribution is 2.45. The van der Waals surface area contributed by atoms with Gasteiger partial charge < -0.3 is 14.3 Å². The van der Waals surface area contributed by atoms with Gasteiger partial charge in [-0.05, 0) is 34.3 Å². The summed E-state index contributed by atoms with van der Waals surface area (Å²) in [5.41, 5.74) is 7.71. The molecule has 33 heavy (non-hydrogen) atoms. The minimum absolute atomic E-state index is 0.292. The quantitative estimate of drug-likeness (QED) is 0.334. The van der Waals surface area contributed by atoms with Gasteiger partial charge in [0.2, 0.25) is 16.6 Å². The van der Waals surface area contributed by atoms with Crippen molar-refractivity contribution in [2.24, 2.45) is 0 Å². The summed E-state index contributed by atoms with van der Waals surface area (Å²) >= 11 is 0. The summed E-state index contributed by atoms with van der Waals surface area (Å²) in [6.45, 7) is 18.2. The smallest absolute Gasteiger partial charge is 0.210 e. The third-order valence-electron chi connectivity index (χ3n) is 6.88. The molecule has 2 aromatic carbocycles. The van der Waals surface area contributed by atoms with Crippen LogP contribution < -0.4 is 0 Å². The molecule has 2 rings (SSSR count). The molecule has 2 N–H and O–H groups in total. The fourth-order valence-corrected chi connectivity index (χ4v) is 16.5. The predicted octanol–water partition coefficient (Wildman–Crippen LogP) is 8.45. The molecule has 0 radical (unpaired) electrons. The van der Waals surface area contributed by atoms with Gasteiger partial charge in [0, 0.05) is 11.1 Å². The monoisotopic (exact) mass is 482 g/mol. The van der Waals surface area contributed by atoms with Crippen LogP contribution in [0.2, 0.25) is 22.2 Å². The normalized spacial score (nSPS) is 13.5. The van der Waals surface area contributed by atoms with Crippen LogP contribution in [0.25, 0.3) is 12.2 Å². The molecular weight excluding hydrogens is 440 g/mol. The van der Waals surface area contributed by atoms with Gasteiger partial charge in [-0.15, -0.1) is 0 Å². The summed E-state index contributed by atoms with van der Waals surface area (Å²) in [7, 11) is -4.82. The fraction of sp³-hybridized carbons (Fsp3) is 0.429. The van der Waals surface area contributed by atoms with Gasteiger partial charge in [0.05, 0.1) is 0 Å². The number of rotatable bonds is 10. The maximum atomic E-state index is 10.3. The molecule has 0 atom stereocenters. The maximum absolute atomic E-state index is 10.3. The van der Waals surface area contributed by atoms with Gasteiger partial charge in [-0.2, -0.15) is 0 Å². The van der Waals surface area contributed by atoms with Crippen LogP contribution in [0.5, 0.6) is 11.5 Å². The second kappa shape index (κ2) is 11.4. The van der Waals surface area contributed by atoms with Crippen molar-refractivity contribution in [3.05, 3.63) is 71.1 Å². The van der Waals surface area contributed by atoms with E-state index in [0.29, 0.717) is 33.7 Å². The summed E-state index contributed by atoms with van der Waals surface area (Å²) in [5.74, 6) is 0.583. The van der Waals surface area contributed by atoms with Gasteiger partial charge in [-0.25, -0.2) is 0 Å². The van der Waals surface area contributed by atoms with Crippen LogP contribution in [0.4, 0.5) is 0 Å². The van der Waals surface area contributed by atoms with Gasteiger partial charge in [0.1, 0.15) is 11.5 Å². The largest absolute Gasteiger partial charge is 0.507 e. The van der Waals surface area contributed by atoms with Crippen molar-refractivity contribution in [2.75, 3.05) is 0 Å². The lowest BCUT2D eigenvalue weighted by atomic mass is 10.2. The molecule has 0 unspecified atom stereocenters. The van der Waals surface area contributed by atoms with Crippen molar-refractivity contribution in [2.45, 2.75) is 77.6 Å². The molecule has 0 heterocycles. The summed E-state index contributed by atoms with van der Waals surface area (Å²) in [4.78, 5) is 0. The maximum Gasteiger partial charge on any atom is 0.210 e. The summed E-state index contributed by atoms with van der Waals surface area (Å²) < 4.78 is 7.54. The SMILES string of the molecule is CC(C)[Si](/C=C/c1ccccc1O)(O[Si](/C=C/c1ccccc1O)(C(C)C)C(C)C)C(C)C. The molecule has 2 aromatic rings. The minimum atomic E-state index is -2.41. The van der Waals surface area contributed by atoms with Crippen molar-refractivity contribution < 1.29 is 14.3 Å². The van der Waals surface area contributed by atoms with E-state index in [1.165, 1.54) is 0 Å². The molecule has 180 valence electrons.